The molecule has 0 aromatic carbocycles. The molecule has 10 heavy (non-hydrogen) atoms. The maximum absolute atomic E-state index is 3.44. The summed E-state index contributed by atoms with van der Waals surface area (Å²) in [6.07, 6.45) is 2.57. The van der Waals surface area contributed by atoms with Gasteiger partial charge in [0.2, 0.25) is 0 Å². The summed E-state index contributed by atoms with van der Waals surface area (Å²) in [4.78, 5) is 0. The van der Waals surface area contributed by atoms with Gasteiger partial charge in [-0.05, 0) is 13.3 Å². The van der Waals surface area contributed by atoms with Gasteiger partial charge in [-0.1, -0.05) is 27.2 Å². The highest BCUT2D eigenvalue weighted by Crippen LogP contribution is 1.95. The summed E-state index contributed by atoms with van der Waals surface area (Å²) >= 11 is 0. The fourth-order valence-corrected chi connectivity index (χ4v) is 1.09. The van der Waals surface area contributed by atoms with E-state index in [1.54, 1.807) is 0 Å². The van der Waals surface area contributed by atoms with Gasteiger partial charge >= 0.3 is 0 Å². The first-order chi connectivity index (χ1) is 4.16. The Balaban J connectivity index is 0. The molecule has 0 fully saturated rings. The molecule has 64 valence electrons. The van der Waals surface area contributed by atoms with Crippen molar-refractivity contribution in [2.75, 3.05) is 0 Å². The number of nitrogens with one attached hydrogen (secondary N) is 1. The molecule has 0 amide bonds. The molecule has 0 aliphatic heterocycles. The summed E-state index contributed by atoms with van der Waals surface area (Å²) in [5, 5.41) is 3.44. The van der Waals surface area contributed by atoms with Crippen LogP contribution in [0.25, 0.3) is 0 Å². The average Bonchev–Trinajstić information content (AvgIpc) is 1.63. The minimum Gasteiger partial charge on any atom is -0.312 e. The monoisotopic (exact) mass is 165 g/mol. The van der Waals surface area contributed by atoms with Crippen LogP contribution in [0.5, 0.6) is 0 Å². The van der Waals surface area contributed by atoms with E-state index in [0.717, 1.165) is 0 Å². The number of halogens is 1. The second-order valence-corrected chi connectivity index (χ2v) is 3.01. The smallest absolute Gasteiger partial charge is 0.00409 e. The summed E-state index contributed by atoms with van der Waals surface area (Å²) in [7, 11) is 0. The third-order valence-corrected chi connectivity index (χ3v) is 1.34. The molecular weight excluding hydrogens is 146 g/mol. The number of hydrogen-bond donors (Lipinski definition) is 1. The van der Waals surface area contributed by atoms with Gasteiger partial charge in [0.1, 0.15) is 0 Å². The van der Waals surface area contributed by atoms with E-state index in [9.17, 15) is 0 Å². The molecule has 0 aromatic heterocycles. The van der Waals surface area contributed by atoms with E-state index < -0.39 is 0 Å². The molecule has 0 aromatic rings. The molecule has 0 rings (SSSR count). The minimum absolute atomic E-state index is 0. The SMILES string of the molecule is CCCC(C)NC(C)C.Cl. The fourth-order valence-electron chi connectivity index (χ4n) is 1.09. The van der Waals surface area contributed by atoms with Crippen LogP contribution in [0.3, 0.4) is 0 Å². The fraction of sp³-hybridized carbons (Fsp3) is 1.00. The van der Waals surface area contributed by atoms with Crippen LogP contribution in [0.2, 0.25) is 0 Å². The van der Waals surface area contributed by atoms with E-state index in [1.165, 1.54) is 12.8 Å². The molecule has 0 aliphatic rings. The number of hydrogen-bond acceptors (Lipinski definition) is 1. The predicted octanol–water partition coefficient (Wildman–Crippen LogP) is 2.59. The van der Waals surface area contributed by atoms with Gasteiger partial charge in [-0.2, -0.15) is 0 Å². The molecular formula is C8H20ClN. The summed E-state index contributed by atoms with van der Waals surface area (Å²) in [5.74, 6) is 0. The Morgan fingerprint density at radius 3 is 2.00 bits per heavy atom. The molecule has 0 spiro atoms. The van der Waals surface area contributed by atoms with E-state index in [-0.39, 0.29) is 12.4 Å². The maximum Gasteiger partial charge on any atom is 0.00409 e. The third kappa shape index (κ3) is 8.25. The first-order valence-corrected chi connectivity index (χ1v) is 3.92. The lowest BCUT2D eigenvalue weighted by atomic mass is 10.2. The summed E-state index contributed by atoms with van der Waals surface area (Å²) in [5.41, 5.74) is 0. The third-order valence-electron chi connectivity index (χ3n) is 1.34. The summed E-state index contributed by atoms with van der Waals surface area (Å²) in [6.45, 7) is 8.83. The van der Waals surface area contributed by atoms with Crippen molar-refractivity contribution in [1.82, 2.24) is 5.32 Å². The van der Waals surface area contributed by atoms with Crippen molar-refractivity contribution >= 4 is 12.4 Å². The van der Waals surface area contributed by atoms with E-state index >= 15 is 0 Å². The molecule has 0 heterocycles. The van der Waals surface area contributed by atoms with Gasteiger partial charge in [0.05, 0.1) is 0 Å². The van der Waals surface area contributed by atoms with Crippen molar-refractivity contribution in [3.05, 3.63) is 0 Å². The average molecular weight is 166 g/mol. The van der Waals surface area contributed by atoms with Crippen LogP contribution in [-0.4, -0.2) is 12.1 Å². The van der Waals surface area contributed by atoms with Crippen molar-refractivity contribution in [3.63, 3.8) is 0 Å². The zero-order chi connectivity index (χ0) is 7.28. The van der Waals surface area contributed by atoms with Crippen LogP contribution in [0, 0.1) is 0 Å². The second kappa shape index (κ2) is 7.36. The minimum atomic E-state index is 0. The molecule has 1 unspecified atom stereocenters. The maximum atomic E-state index is 3.44. The molecule has 2 heteroatoms. The largest absolute Gasteiger partial charge is 0.312 e. The Kier molecular flexibility index (Phi) is 9.48. The van der Waals surface area contributed by atoms with E-state index in [2.05, 4.69) is 33.0 Å². The highest BCUT2D eigenvalue weighted by atomic mass is 35.5. The standard InChI is InChI=1S/C8H19N.ClH/c1-5-6-8(4)9-7(2)3;/h7-9H,5-6H2,1-4H3;1H. The number of rotatable bonds is 4. The Morgan fingerprint density at radius 2 is 1.70 bits per heavy atom. The molecule has 1 N–H and O–H groups in total. The van der Waals surface area contributed by atoms with Gasteiger partial charge in [0, 0.05) is 12.1 Å². The topological polar surface area (TPSA) is 12.0 Å². The lowest BCUT2D eigenvalue weighted by Gasteiger charge is -2.15. The Labute approximate surface area is 71.0 Å². The lowest BCUT2D eigenvalue weighted by Crippen LogP contribution is -2.31. The first kappa shape index (κ1) is 12.9. The van der Waals surface area contributed by atoms with Gasteiger partial charge in [0.15, 0.2) is 0 Å². The van der Waals surface area contributed by atoms with Gasteiger partial charge in [-0.3, -0.25) is 0 Å². The van der Waals surface area contributed by atoms with Crippen molar-refractivity contribution in [3.8, 4) is 0 Å². The molecule has 1 nitrogen and oxygen atoms in total. The van der Waals surface area contributed by atoms with Crippen molar-refractivity contribution < 1.29 is 0 Å². The summed E-state index contributed by atoms with van der Waals surface area (Å²) < 4.78 is 0. The first-order valence-electron chi connectivity index (χ1n) is 3.92. The quantitative estimate of drug-likeness (QED) is 0.676. The molecule has 0 saturated heterocycles. The van der Waals surface area contributed by atoms with Crippen molar-refractivity contribution in [2.24, 2.45) is 0 Å². The van der Waals surface area contributed by atoms with Crippen LogP contribution >= 0.6 is 12.4 Å². The second-order valence-electron chi connectivity index (χ2n) is 3.01. The van der Waals surface area contributed by atoms with Gasteiger partial charge < -0.3 is 5.32 Å². The van der Waals surface area contributed by atoms with Gasteiger partial charge in [-0.25, -0.2) is 0 Å². The van der Waals surface area contributed by atoms with Gasteiger partial charge in [-0.15, -0.1) is 12.4 Å². The Bertz CT molecular complexity index is 64.3. The van der Waals surface area contributed by atoms with Crippen LogP contribution in [0.1, 0.15) is 40.5 Å². The molecule has 0 bridgehead atoms. The molecule has 0 aliphatic carbocycles. The van der Waals surface area contributed by atoms with Crippen LogP contribution in [-0.2, 0) is 0 Å². The molecule has 0 saturated carbocycles. The highest BCUT2D eigenvalue weighted by molar-refractivity contribution is 5.85. The van der Waals surface area contributed by atoms with Crippen molar-refractivity contribution in [2.45, 2.75) is 52.6 Å². The normalized spacial score (nSPS) is 12.9. The van der Waals surface area contributed by atoms with Crippen molar-refractivity contribution in [1.29, 1.82) is 0 Å². The Hall–Kier alpha value is 0.250. The van der Waals surface area contributed by atoms with E-state index in [0.29, 0.717) is 12.1 Å². The molecule has 0 radical (unpaired) electrons. The van der Waals surface area contributed by atoms with E-state index in [1.807, 2.05) is 0 Å². The summed E-state index contributed by atoms with van der Waals surface area (Å²) in [6, 6.07) is 1.32. The predicted molar refractivity (Wildman–Crippen MR) is 49.9 cm³/mol. The zero-order valence-electron chi connectivity index (χ0n) is 7.48. The Morgan fingerprint density at radius 1 is 1.20 bits per heavy atom. The van der Waals surface area contributed by atoms with Gasteiger partial charge in [0.25, 0.3) is 0 Å². The van der Waals surface area contributed by atoms with Crippen LogP contribution < -0.4 is 5.32 Å². The zero-order valence-corrected chi connectivity index (χ0v) is 8.29. The lowest BCUT2D eigenvalue weighted by molar-refractivity contribution is 0.462. The highest BCUT2D eigenvalue weighted by Gasteiger charge is 1.99. The van der Waals surface area contributed by atoms with E-state index in [4.69, 9.17) is 0 Å². The van der Waals surface area contributed by atoms with Crippen LogP contribution in [0.4, 0.5) is 0 Å². The molecule has 1 atom stereocenters. The van der Waals surface area contributed by atoms with Crippen LogP contribution in [0.15, 0.2) is 0 Å².